The Kier molecular flexibility index (Phi) is 4.19. The second-order valence-corrected chi connectivity index (χ2v) is 3.73. The molecule has 0 aliphatic rings. The summed E-state index contributed by atoms with van der Waals surface area (Å²) in [5, 5.41) is 10.7. The predicted molar refractivity (Wildman–Crippen MR) is 69.9 cm³/mol. The molecule has 0 amide bonds. The summed E-state index contributed by atoms with van der Waals surface area (Å²) in [4.78, 5) is 0. The second-order valence-electron chi connectivity index (χ2n) is 3.73. The van der Waals surface area contributed by atoms with Gasteiger partial charge in [0.05, 0.1) is 19.9 Å². The Morgan fingerprint density at radius 2 is 2.11 bits per heavy atom. The van der Waals surface area contributed by atoms with Gasteiger partial charge in [-0.3, -0.25) is 0 Å². The normalized spacial score (nSPS) is 10.3. The first-order chi connectivity index (χ1) is 9.26. The smallest absolute Gasteiger partial charge is 0.320 e. The first-order valence-electron chi connectivity index (χ1n) is 5.78. The van der Waals surface area contributed by atoms with Gasteiger partial charge in [-0.05, 0) is 12.1 Å². The summed E-state index contributed by atoms with van der Waals surface area (Å²) in [5.41, 5.74) is 6.13. The van der Waals surface area contributed by atoms with E-state index >= 15 is 0 Å². The van der Waals surface area contributed by atoms with E-state index in [1.165, 1.54) is 0 Å². The van der Waals surface area contributed by atoms with Crippen molar-refractivity contribution in [3.63, 3.8) is 0 Å². The molecule has 0 bridgehead atoms. The number of nitrogens with zero attached hydrogens (tertiary/aromatic N) is 2. The molecule has 0 saturated carbocycles. The van der Waals surface area contributed by atoms with Crippen molar-refractivity contribution in [1.82, 2.24) is 10.2 Å². The van der Waals surface area contributed by atoms with Gasteiger partial charge in [-0.2, -0.15) is 0 Å². The van der Waals surface area contributed by atoms with Gasteiger partial charge in [-0.1, -0.05) is 5.10 Å². The van der Waals surface area contributed by atoms with E-state index in [-0.39, 0.29) is 0 Å². The summed E-state index contributed by atoms with van der Waals surface area (Å²) in [6.07, 6.45) is 0.550. The quantitative estimate of drug-likeness (QED) is 0.812. The monoisotopic (exact) mass is 264 g/mol. The Labute approximate surface area is 110 Å². The van der Waals surface area contributed by atoms with Crippen LogP contribution in [0, 0.1) is 0 Å². The number of aromatic nitrogens is 2. The molecule has 2 rings (SSSR count). The van der Waals surface area contributed by atoms with Crippen LogP contribution in [0.4, 0.5) is 11.7 Å². The van der Waals surface area contributed by atoms with E-state index in [0.29, 0.717) is 42.1 Å². The van der Waals surface area contributed by atoms with Crippen LogP contribution in [0.5, 0.6) is 11.5 Å². The number of nitrogens with two attached hydrogens (primary N) is 1. The first-order valence-corrected chi connectivity index (χ1v) is 5.78. The molecule has 0 saturated heterocycles. The van der Waals surface area contributed by atoms with Crippen molar-refractivity contribution in [2.24, 2.45) is 5.73 Å². The number of hydrogen-bond acceptors (Lipinski definition) is 7. The van der Waals surface area contributed by atoms with Crippen molar-refractivity contribution in [1.29, 1.82) is 0 Å². The van der Waals surface area contributed by atoms with Crippen molar-refractivity contribution in [2.75, 3.05) is 26.1 Å². The number of benzene rings is 1. The fraction of sp³-hybridized carbons (Fsp3) is 0.333. The summed E-state index contributed by atoms with van der Waals surface area (Å²) in [7, 11) is 3.17. The molecule has 1 aromatic heterocycles. The number of rotatable bonds is 6. The lowest BCUT2D eigenvalue weighted by atomic mass is 10.2. The molecule has 1 heterocycles. The van der Waals surface area contributed by atoms with E-state index < -0.39 is 0 Å². The molecule has 0 spiro atoms. The number of anilines is 2. The molecule has 19 heavy (non-hydrogen) atoms. The minimum absolute atomic E-state index is 0.298. The van der Waals surface area contributed by atoms with E-state index in [4.69, 9.17) is 19.6 Å². The molecule has 102 valence electrons. The van der Waals surface area contributed by atoms with Crippen LogP contribution in [-0.2, 0) is 6.42 Å². The highest BCUT2D eigenvalue weighted by molar-refractivity contribution is 5.63. The first kappa shape index (κ1) is 13.2. The second kappa shape index (κ2) is 6.05. The van der Waals surface area contributed by atoms with Crippen LogP contribution in [0.2, 0.25) is 0 Å². The van der Waals surface area contributed by atoms with Gasteiger partial charge in [0.1, 0.15) is 11.5 Å². The van der Waals surface area contributed by atoms with Crippen LogP contribution in [-0.4, -0.2) is 31.0 Å². The van der Waals surface area contributed by atoms with E-state index in [0.717, 1.165) is 0 Å². The Bertz CT molecular complexity index is 542. The maximum absolute atomic E-state index is 5.42. The van der Waals surface area contributed by atoms with Crippen LogP contribution in [0.25, 0.3) is 0 Å². The van der Waals surface area contributed by atoms with Gasteiger partial charge in [-0.15, -0.1) is 5.10 Å². The number of ether oxygens (including phenoxy) is 2. The van der Waals surface area contributed by atoms with E-state index in [9.17, 15) is 0 Å². The fourth-order valence-electron chi connectivity index (χ4n) is 1.55. The number of methoxy groups -OCH3 is 2. The molecule has 7 nitrogen and oxygen atoms in total. The Morgan fingerprint density at radius 1 is 1.26 bits per heavy atom. The summed E-state index contributed by atoms with van der Waals surface area (Å²) in [5.74, 6) is 1.83. The molecular weight excluding hydrogens is 248 g/mol. The minimum Gasteiger partial charge on any atom is -0.497 e. The Balaban J connectivity index is 2.17. The van der Waals surface area contributed by atoms with Crippen molar-refractivity contribution >= 4 is 11.7 Å². The average molecular weight is 264 g/mol. The molecule has 0 aliphatic heterocycles. The molecule has 0 fully saturated rings. The van der Waals surface area contributed by atoms with Crippen molar-refractivity contribution in [3.05, 3.63) is 24.1 Å². The minimum atomic E-state index is 0.298. The van der Waals surface area contributed by atoms with Crippen molar-refractivity contribution in [2.45, 2.75) is 6.42 Å². The predicted octanol–water partition coefficient (Wildman–Crippen LogP) is 1.33. The maximum atomic E-state index is 5.42. The fourth-order valence-corrected chi connectivity index (χ4v) is 1.55. The topological polar surface area (TPSA) is 95.4 Å². The summed E-state index contributed by atoms with van der Waals surface area (Å²) in [6.45, 7) is 0.466. The van der Waals surface area contributed by atoms with Crippen LogP contribution in [0.1, 0.15) is 5.89 Å². The van der Waals surface area contributed by atoms with Crippen LogP contribution in [0.3, 0.4) is 0 Å². The third kappa shape index (κ3) is 3.14. The lowest BCUT2D eigenvalue weighted by Crippen LogP contribution is -2.02. The van der Waals surface area contributed by atoms with E-state index in [2.05, 4.69) is 15.5 Å². The molecule has 0 radical (unpaired) electrons. The Hall–Kier alpha value is -2.28. The molecule has 0 unspecified atom stereocenters. The summed E-state index contributed by atoms with van der Waals surface area (Å²) < 4.78 is 15.8. The van der Waals surface area contributed by atoms with Crippen LogP contribution in [0.15, 0.2) is 22.6 Å². The molecule has 7 heteroatoms. The van der Waals surface area contributed by atoms with E-state index in [1.54, 1.807) is 20.3 Å². The zero-order valence-electron chi connectivity index (χ0n) is 10.8. The largest absolute Gasteiger partial charge is 0.497 e. The number of hydrogen-bond donors (Lipinski definition) is 2. The Morgan fingerprint density at radius 3 is 2.79 bits per heavy atom. The standard InChI is InChI=1S/C12H16N4O3/c1-17-8-3-4-9(10(7-8)18-2)14-12-16-15-11(19-12)5-6-13/h3-4,7H,5-6,13H2,1-2H3,(H,14,16). The van der Waals surface area contributed by atoms with Crippen LogP contribution < -0.4 is 20.5 Å². The lowest BCUT2D eigenvalue weighted by Gasteiger charge is -2.09. The highest BCUT2D eigenvalue weighted by atomic mass is 16.5. The SMILES string of the molecule is COc1ccc(Nc2nnc(CCN)o2)c(OC)c1. The molecular formula is C12H16N4O3. The summed E-state index contributed by atoms with van der Waals surface area (Å²) in [6, 6.07) is 5.68. The summed E-state index contributed by atoms with van der Waals surface area (Å²) >= 11 is 0. The zero-order valence-corrected chi connectivity index (χ0v) is 10.8. The molecule has 0 atom stereocenters. The van der Waals surface area contributed by atoms with Gasteiger partial charge in [0, 0.05) is 19.0 Å². The van der Waals surface area contributed by atoms with Crippen molar-refractivity contribution < 1.29 is 13.9 Å². The van der Waals surface area contributed by atoms with E-state index in [1.807, 2.05) is 12.1 Å². The van der Waals surface area contributed by atoms with Gasteiger partial charge in [-0.25, -0.2) is 0 Å². The highest BCUT2D eigenvalue weighted by Crippen LogP contribution is 2.30. The lowest BCUT2D eigenvalue weighted by molar-refractivity contribution is 0.395. The third-order valence-electron chi connectivity index (χ3n) is 2.48. The maximum Gasteiger partial charge on any atom is 0.320 e. The molecule has 0 aliphatic carbocycles. The van der Waals surface area contributed by atoms with Crippen molar-refractivity contribution in [3.8, 4) is 11.5 Å². The third-order valence-corrected chi connectivity index (χ3v) is 2.48. The average Bonchev–Trinajstić information content (AvgIpc) is 2.87. The highest BCUT2D eigenvalue weighted by Gasteiger charge is 2.09. The van der Waals surface area contributed by atoms with Gasteiger partial charge in [0.25, 0.3) is 0 Å². The number of nitrogens with one attached hydrogen (secondary N) is 1. The van der Waals surface area contributed by atoms with Gasteiger partial charge < -0.3 is 24.9 Å². The molecule has 2 aromatic rings. The zero-order chi connectivity index (χ0) is 13.7. The molecule has 1 aromatic carbocycles. The van der Waals surface area contributed by atoms with Gasteiger partial charge >= 0.3 is 6.01 Å². The van der Waals surface area contributed by atoms with Crippen LogP contribution >= 0.6 is 0 Å². The van der Waals surface area contributed by atoms with Gasteiger partial charge in [0.2, 0.25) is 5.89 Å². The van der Waals surface area contributed by atoms with Gasteiger partial charge in [0.15, 0.2) is 0 Å². The molecule has 3 N–H and O–H groups in total.